The first-order valence-electron chi connectivity index (χ1n) is 11.4. The molecule has 184 valence electrons. The second-order valence-corrected chi connectivity index (χ2v) is 8.24. The monoisotopic (exact) mass is 478 g/mol. The van der Waals surface area contributed by atoms with Gasteiger partial charge in [0.1, 0.15) is 0 Å². The summed E-state index contributed by atoms with van der Waals surface area (Å²) >= 11 is 0. The number of hydrogen-bond donors (Lipinski definition) is 0. The number of rotatable bonds is 8. The smallest absolute Gasteiger partial charge is 0.246 e. The van der Waals surface area contributed by atoms with E-state index in [4.69, 9.17) is 14.2 Å². The lowest BCUT2D eigenvalue weighted by Gasteiger charge is -2.33. The predicted octanol–water partition coefficient (Wildman–Crippen LogP) is 2.35. The van der Waals surface area contributed by atoms with Gasteiger partial charge < -0.3 is 19.1 Å². The zero-order valence-corrected chi connectivity index (χ0v) is 20.5. The van der Waals surface area contributed by atoms with E-state index in [9.17, 15) is 4.79 Å². The Morgan fingerprint density at radius 2 is 1.63 bits per heavy atom. The van der Waals surface area contributed by atoms with Crippen molar-refractivity contribution in [2.45, 2.75) is 13.5 Å². The number of benzene rings is 2. The fraction of sp³-hybridized carbons (Fsp3) is 0.360. The van der Waals surface area contributed by atoms with Crippen molar-refractivity contribution < 1.29 is 19.0 Å². The van der Waals surface area contributed by atoms with E-state index in [0.717, 1.165) is 30.2 Å². The summed E-state index contributed by atoms with van der Waals surface area (Å²) in [6.07, 6.45) is 3.34. The van der Waals surface area contributed by atoms with Gasteiger partial charge in [-0.2, -0.15) is 4.68 Å². The van der Waals surface area contributed by atoms with Crippen molar-refractivity contribution in [2.75, 3.05) is 47.5 Å². The van der Waals surface area contributed by atoms with Crippen LogP contribution in [-0.2, 0) is 11.3 Å². The SMILES string of the molecule is COc1cc(/C=C\C(=O)N2CCN(Cc3nnnn3-c3ccc(C)cc3)CC2)cc(OC)c1OC. The van der Waals surface area contributed by atoms with Crippen molar-refractivity contribution in [3.05, 3.63) is 59.4 Å². The number of ether oxygens (including phenoxy) is 3. The van der Waals surface area contributed by atoms with Crippen LogP contribution >= 0.6 is 0 Å². The Kier molecular flexibility index (Phi) is 7.61. The number of piperazine rings is 1. The molecule has 10 nitrogen and oxygen atoms in total. The molecule has 1 saturated heterocycles. The number of aromatic nitrogens is 4. The van der Waals surface area contributed by atoms with Crippen molar-refractivity contribution in [2.24, 2.45) is 0 Å². The van der Waals surface area contributed by atoms with E-state index in [0.29, 0.717) is 36.9 Å². The lowest BCUT2D eigenvalue weighted by Crippen LogP contribution is -2.48. The Morgan fingerprint density at radius 1 is 0.971 bits per heavy atom. The standard InChI is InChI=1S/C25H30N6O4/c1-18-5-8-20(9-6-18)31-23(26-27-28-31)17-29-11-13-30(14-12-29)24(32)10-7-19-15-21(33-2)25(35-4)22(16-19)34-3/h5-10,15-16H,11-14,17H2,1-4H3/b10-7-. The number of methoxy groups -OCH3 is 3. The number of amides is 1. The van der Waals surface area contributed by atoms with Crippen molar-refractivity contribution in [1.29, 1.82) is 0 Å². The van der Waals surface area contributed by atoms with Gasteiger partial charge in [0.05, 0.1) is 33.6 Å². The Balaban J connectivity index is 1.35. The molecule has 1 aromatic heterocycles. The molecule has 1 aliphatic rings. The number of aryl methyl sites for hydroxylation is 1. The first kappa shape index (κ1) is 24.2. The third kappa shape index (κ3) is 5.60. The Morgan fingerprint density at radius 3 is 2.23 bits per heavy atom. The van der Waals surface area contributed by atoms with Gasteiger partial charge >= 0.3 is 0 Å². The van der Waals surface area contributed by atoms with Gasteiger partial charge in [-0.15, -0.1) is 5.10 Å². The van der Waals surface area contributed by atoms with Gasteiger partial charge in [-0.3, -0.25) is 9.69 Å². The lowest BCUT2D eigenvalue weighted by molar-refractivity contribution is -0.127. The molecule has 1 fully saturated rings. The highest BCUT2D eigenvalue weighted by Gasteiger charge is 2.22. The summed E-state index contributed by atoms with van der Waals surface area (Å²) in [7, 11) is 4.69. The van der Waals surface area contributed by atoms with Crippen LogP contribution in [0.5, 0.6) is 17.2 Å². The van der Waals surface area contributed by atoms with Gasteiger partial charge in [0, 0.05) is 32.3 Å². The van der Waals surface area contributed by atoms with Gasteiger partial charge in [0.2, 0.25) is 11.7 Å². The van der Waals surface area contributed by atoms with Gasteiger partial charge in [-0.25, -0.2) is 0 Å². The maximum atomic E-state index is 12.8. The number of carbonyl (C=O) groups excluding carboxylic acids is 1. The number of nitrogens with zero attached hydrogens (tertiary/aromatic N) is 6. The van der Waals surface area contributed by atoms with E-state index in [2.05, 4.69) is 20.4 Å². The largest absolute Gasteiger partial charge is 0.493 e. The molecule has 0 saturated carbocycles. The quantitative estimate of drug-likeness (QED) is 0.456. The second-order valence-electron chi connectivity index (χ2n) is 8.24. The summed E-state index contributed by atoms with van der Waals surface area (Å²) < 4.78 is 17.9. The molecule has 0 bridgehead atoms. The molecule has 0 unspecified atom stereocenters. The molecule has 1 amide bonds. The van der Waals surface area contributed by atoms with Crippen molar-refractivity contribution in [3.8, 4) is 22.9 Å². The van der Waals surface area contributed by atoms with Crippen LogP contribution in [0.25, 0.3) is 11.8 Å². The topological polar surface area (TPSA) is 94.8 Å². The van der Waals surface area contributed by atoms with E-state index in [1.165, 1.54) is 5.56 Å². The minimum absolute atomic E-state index is 0.0390. The predicted molar refractivity (Wildman–Crippen MR) is 131 cm³/mol. The van der Waals surface area contributed by atoms with Crippen LogP contribution < -0.4 is 14.2 Å². The Bertz CT molecular complexity index is 1160. The second kappa shape index (κ2) is 11.0. The van der Waals surface area contributed by atoms with E-state index < -0.39 is 0 Å². The third-order valence-corrected chi connectivity index (χ3v) is 5.97. The van der Waals surface area contributed by atoms with Crippen molar-refractivity contribution >= 4 is 12.0 Å². The molecule has 2 aromatic carbocycles. The van der Waals surface area contributed by atoms with Crippen molar-refractivity contribution in [1.82, 2.24) is 30.0 Å². The van der Waals surface area contributed by atoms with Crippen LogP contribution in [0, 0.1) is 6.92 Å². The molecule has 0 aliphatic carbocycles. The van der Waals surface area contributed by atoms with Crippen LogP contribution in [0.4, 0.5) is 0 Å². The van der Waals surface area contributed by atoms with Gasteiger partial charge in [0.15, 0.2) is 17.3 Å². The molecule has 0 spiro atoms. The molecular formula is C25H30N6O4. The van der Waals surface area contributed by atoms with E-state index in [1.54, 1.807) is 50.3 Å². The summed E-state index contributed by atoms with van der Waals surface area (Å²) in [6.45, 7) is 5.40. The highest BCUT2D eigenvalue weighted by atomic mass is 16.5. The average molecular weight is 479 g/mol. The number of carbonyl (C=O) groups is 1. The molecule has 4 rings (SSSR count). The maximum absolute atomic E-state index is 12.8. The molecule has 3 aromatic rings. The zero-order chi connectivity index (χ0) is 24.8. The van der Waals surface area contributed by atoms with Crippen LogP contribution in [0.15, 0.2) is 42.5 Å². The molecule has 2 heterocycles. The number of tetrazole rings is 1. The Labute approximate surface area is 204 Å². The van der Waals surface area contributed by atoms with Gasteiger partial charge in [0.25, 0.3) is 0 Å². The van der Waals surface area contributed by atoms with Crippen LogP contribution in [0.1, 0.15) is 17.0 Å². The highest BCUT2D eigenvalue weighted by molar-refractivity contribution is 5.92. The highest BCUT2D eigenvalue weighted by Crippen LogP contribution is 2.38. The maximum Gasteiger partial charge on any atom is 0.246 e. The van der Waals surface area contributed by atoms with E-state index >= 15 is 0 Å². The summed E-state index contributed by atoms with van der Waals surface area (Å²) in [6, 6.07) is 11.7. The molecule has 0 N–H and O–H groups in total. The zero-order valence-electron chi connectivity index (χ0n) is 20.5. The molecule has 1 aliphatic heterocycles. The minimum atomic E-state index is -0.0390. The third-order valence-electron chi connectivity index (χ3n) is 5.97. The van der Waals surface area contributed by atoms with Crippen LogP contribution in [0.2, 0.25) is 0 Å². The lowest BCUT2D eigenvalue weighted by atomic mass is 10.1. The Hall–Kier alpha value is -3.92. The first-order valence-corrected chi connectivity index (χ1v) is 11.4. The minimum Gasteiger partial charge on any atom is -0.493 e. The summed E-state index contributed by atoms with van der Waals surface area (Å²) in [4.78, 5) is 16.9. The average Bonchev–Trinajstić information content (AvgIpc) is 3.35. The van der Waals surface area contributed by atoms with E-state index in [-0.39, 0.29) is 5.91 Å². The molecule has 0 atom stereocenters. The van der Waals surface area contributed by atoms with E-state index in [1.807, 2.05) is 36.1 Å². The summed E-state index contributed by atoms with van der Waals surface area (Å²) in [5.74, 6) is 2.34. The molecule has 35 heavy (non-hydrogen) atoms. The van der Waals surface area contributed by atoms with Gasteiger partial charge in [-0.05, 0) is 53.3 Å². The summed E-state index contributed by atoms with van der Waals surface area (Å²) in [5.41, 5.74) is 2.90. The first-order chi connectivity index (χ1) is 17.0. The van der Waals surface area contributed by atoms with Crippen molar-refractivity contribution in [3.63, 3.8) is 0 Å². The summed E-state index contributed by atoms with van der Waals surface area (Å²) in [5, 5.41) is 12.2. The van der Waals surface area contributed by atoms with Crippen LogP contribution in [-0.4, -0.2) is 83.4 Å². The fourth-order valence-electron chi connectivity index (χ4n) is 3.99. The van der Waals surface area contributed by atoms with Gasteiger partial charge in [-0.1, -0.05) is 17.7 Å². The molecule has 10 heteroatoms. The van der Waals surface area contributed by atoms with Crippen LogP contribution in [0.3, 0.4) is 0 Å². The fourth-order valence-corrected chi connectivity index (χ4v) is 3.99. The molecule has 0 radical (unpaired) electrons. The molecular weight excluding hydrogens is 448 g/mol. The number of hydrogen-bond acceptors (Lipinski definition) is 8. The normalized spacial score (nSPS) is 14.3.